The highest BCUT2D eigenvalue weighted by atomic mass is 32.1. The Kier molecular flexibility index (Phi) is 4.26. The van der Waals surface area contributed by atoms with Gasteiger partial charge in [-0.1, -0.05) is 37.3 Å². The number of thiophene rings is 1. The van der Waals surface area contributed by atoms with Crippen molar-refractivity contribution >= 4 is 22.2 Å². The Morgan fingerprint density at radius 3 is 2.91 bits per heavy atom. The maximum atomic E-state index is 12.2. The quantitative estimate of drug-likeness (QED) is 0.934. The predicted octanol–water partition coefficient (Wildman–Crippen LogP) is 3.93. The molecular formula is C18H18N2OS. The third kappa shape index (κ3) is 3.05. The molecule has 0 radical (unpaired) electrons. The van der Waals surface area contributed by atoms with Crippen molar-refractivity contribution in [1.29, 1.82) is 5.26 Å². The number of carbonyl (C=O) groups excluding carboxylic acids is 1. The molecule has 0 saturated heterocycles. The molecule has 1 amide bonds. The number of hydrogen-bond donors (Lipinski definition) is 1. The molecule has 112 valence electrons. The molecule has 0 bridgehead atoms. The van der Waals surface area contributed by atoms with Crippen LogP contribution in [-0.4, -0.2) is 5.91 Å². The van der Waals surface area contributed by atoms with Crippen molar-refractivity contribution in [2.24, 2.45) is 5.92 Å². The number of nitriles is 1. The van der Waals surface area contributed by atoms with Crippen LogP contribution in [-0.2, 0) is 24.1 Å². The highest BCUT2D eigenvalue weighted by Crippen LogP contribution is 2.39. The van der Waals surface area contributed by atoms with Gasteiger partial charge in [-0.25, -0.2) is 0 Å². The van der Waals surface area contributed by atoms with E-state index < -0.39 is 0 Å². The van der Waals surface area contributed by atoms with E-state index in [2.05, 4.69) is 18.3 Å². The third-order valence-corrected chi connectivity index (χ3v) is 5.25. The Morgan fingerprint density at radius 2 is 2.18 bits per heavy atom. The summed E-state index contributed by atoms with van der Waals surface area (Å²) in [7, 11) is 0. The Hall–Kier alpha value is -2.12. The van der Waals surface area contributed by atoms with Crippen LogP contribution in [0.1, 0.15) is 34.9 Å². The van der Waals surface area contributed by atoms with E-state index in [9.17, 15) is 10.1 Å². The molecule has 1 N–H and O–H groups in total. The van der Waals surface area contributed by atoms with E-state index in [1.807, 2.05) is 30.3 Å². The van der Waals surface area contributed by atoms with Crippen LogP contribution in [0, 0.1) is 17.2 Å². The first-order valence-corrected chi connectivity index (χ1v) is 8.37. The van der Waals surface area contributed by atoms with Crippen LogP contribution in [0.4, 0.5) is 5.00 Å². The summed E-state index contributed by atoms with van der Waals surface area (Å²) in [6.07, 6.45) is 3.42. The van der Waals surface area contributed by atoms with E-state index in [0.717, 1.165) is 35.4 Å². The van der Waals surface area contributed by atoms with Crippen LogP contribution in [0.2, 0.25) is 0 Å². The van der Waals surface area contributed by atoms with E-state index >= 15 is 0 Å². The number of benzene rings is 1. The second kappa shape index (κ2) is 6.33. The lowest BCUT2D eigenvalue weighted by Crippen LogP contribution is -2.14. The fourth-order valence-corrected chi connectivity index (χ4v) is 4.29. The Balaban J connectivity index is 1.78. The summed E-state index contributed by atoms with van der Waals surface area (Å²) in [5, 5.41) is 13.1. The third-order valence-electron chi connectivity index (χ3n) is 4.08. The molecule has 0 unspecified atom stereocenters. The molecule has 0 fully saturated rings. The Morgan fingerprint density at radius 1 is 1.41 bits per heavy atom. The van der Waals surface area contributed by atoms with Gasteiger partial charge in [-0.3, -0.25) is 4.79 Å². The molecule has 4 heteroatoms. The molecule has 1 heterocycles. The molecule has 3 nitrogen and oxygen atoms in total. The van der Waals surface area contributed by atoms with Crippen LogP contribution >= 0.6 is 11.3 Å². The van der Waals surface area contributed by atoms with Crippen molar-refractivity contribution < 1.29 is 4.79 Å². The zero-order chi connectivity index (χ0) is 15.5. The summed E-state index contributed by atoms with van der Waals surface area (Å²) < 4.78 is 0. The fraction of sp³-hybridized carbons (Fsp3) is 0.333. The van der Waals surface area contributed by atoms with Gasteiger partial charge >= 0.3 is 0 Å². The lowest BCUT2D eigenvalue weighted by molar-refractivity contribution is -0.115. The van der Waals surface area contributed by atoms with Crippen LogP contribution in [0.3, 0.4) is 0 Å². The molecule has 22 heavy (non-hydrogen) atoms. The van der Waals surface area contributed by atoms with Gasteiger partial charge in [-0.05, 0) is 36.3 Å². The number of anilines is 1. The lowest BCUT2D eigenvalue weighted by atomic mass is 9.88. The zero-order valence-corrected chi connectivity index (χ0v) is 13.4. The number of nitrogens with one attached hydrogen (secondary N) is 1. The van der Waals surface area contributed by atoms with Gasteiger partial charge in [0.1, 0.15) is 11.1 Å². The summed E-state index contributed by atoms with van der Waals surface area (Å²) >= 11 is 1.57. The van der Waals surface area contributed by atoms with Crippen molar-refractivity contribution in [3.63, 3.8) is 0 Å². The molecule has 3 rings (SSSR count). The minimum atomic E-state index is -0.0608. The summed E-state index contributed by atoms with van der Waals surface area (Å²) in [5.74, 6) is 0.597. The summed E-state index contributed by atoms with van der Waals surface area (Å²) in [5.41, 5.74) is 2.81. The van der Waals surface area contributed by atoms with Crippen molar-refractivity contribution in [1.82, 2.24) is 0 Å². The highest BCUT2D eigenvalue weighted by Gasteiger charge is 2.24. The van der Waals surface area contributed by atoms with E-state index in [-0.39, 0.29) is 5.91 Å². The van der Waals surface area contributed by atoms with E-state index in [1.165, 1.54) is 4.88 Å². The predicted molar refractivity (Wildman–Crippen MR) is 89.0 cm³/mol. The van der Waals surface area contributed by atoms with Crippen LogP contribution in [0.15, 0.2) is 30.3 Å². The van der Waals surface area contributed by atoms with Crippen molar-refractivity contribution in [3.05, 3.63) is 51.9 Å². The first-order valence-electron chi connectivity index (χ1n) is 7.55. The first-order chi connectivity index (χ1) is 10.7. The van der Waals surface area contributed by atoms with Gasteiger partial charge in [0.05, 0.1) is 12.0 Å². The number of carbonyl (C=O) groups is 1. The zero-order valence-electron chi connectivity index (χ0n) is 12.6. The Labute approximate surface area is 134 Å². The minimum absolute atomic E-state index is 0.0608. The SMILES string of the molecule is C[C@H]1CCc2c(sc(NC(=O)Cc3ccccc3)c2C#N)C1. The standard InChI is InChI=1S/C18H18N2OS/c1-12-7-8-14-15(11-19)18(22-16(14)9-12)20-17(21)10-13-5-3-2-4-6-13/h2-6,12H,7-10H2,1H3,(H,20,21)/t12-/m0/s1. The number of hydrogen-bond acceptors (Lipinski definition) is 3. The molecular weight excluding hydrogens is 292 g/mol. The molecule has 1 aromatic heterocycles. The topological polar surface area (TPSA) is 52.9 Å². The maximum absolute atomic E-state index is 12.2. The number of fused-ring (bicyclic) bond motifs is 1. The number of rotatable bonds is 3. The average Bonchev–Trinajstić information content (AvgIpc) is 2.84. The van der Waals surface area contributed by atoms with Gasteiger partial charge in [0.25, 0.3) is 0 Å². The fourth-order valence-electron chi connectivity index (χ4n) is 2.91. The molecule has 1 aromatic carbocycles. The van der Waals surface area contributed by atoms with Gasteiger partial charge in [0, 0.05) is 4.88 Å². The molecule has 0 saturated carbocycles. The van der Waals surface area contributed by atoms with Gasteiger partial charge in [0.2, 0.25) is 5.91 Å². The van der Waals surface area contributed by atoms with Gasteiger partial charge < -0.3 is 5.32 Å². The Bertz CT molecular complexity index is 728. The smallest absolute Gasteiger partial charge is 0.229 e. The van der Waals surface area contributed by atoms with E-state index in [4.69, 9.17) is 0 Å². The van der Waals surface area contributed by atoms with Crippen molar-refractivity contribution in [3.8, 4) is 6.07 Å². The van der Waals surface area contributed by atoms with Gasteiger partial charge in [0.15, 0.2) is 0 Å². The minimum Gasteiger partial charge on any atom is -0.316 e. The second-order valence-corrected chi connectivity index (χ2v) is 6.98. The van der Waals surface area contributed by atoms with Gasteiger partial charge in [-0.2, -0.15) is 5.26 Å². The molecule has 2 aromatic rings. The molecule has 1 atom stereocenters. The lowest BCUT2D eigenvalue weighted by Gasteiger charge is -2.17. The summed E-state index contributed by atoms with van der Waals surface area (Å²) in [6.45, 7) is 2.24. The summed E-state index contributed by atoms with van der Waals surface area (Å²) in [6, 6.07) is 11.9. The monoisotopic (exact) mass is 310 g/mol. The first kappa shape index (κ1) is 14.8. The van der Waals surface area contributed by atoms with E-state index in [0.29, 0.717) is 17.9 Å². The normalized spacial score (nSPS) is 16.6. The van der Waals surface area contributed by atoms with E-state index in [1.54, 1.807) is 11.3 Å². The largest absolute Gasteiger partial charge is 0.316 e. The highest BCUT2D eigenvalue weighted by molar-refractivity contribution is 7.16. The molecule has 1 aliphatic rings. The number of amides is 1. The van der Waals surface area contributed by atoms with Crippen molar-refractivity contribution in [2.75, 3.05) is 5.32 Å². The van der Waals surface area contributed by atoms with Crippen LogP contribution < -0.4 is 5.32 Å². The molecule has 0 aliphatic heterocycles. The maximum Gasteiger partial charge on any atom is 0.229 e. The average molecular weight is 310 g/mol. The number of nitrogens with zero attached hydrogens (tertiary/aromatic N) is 1. The molecule has 0 spiro atoms. The van der Waals surface area contributed by atoms with Crippen LogP contribution in [0.5, 0.6) is 0 Å². The second-order valence-electron chi connectivity index (χ2n) is 5.88. The van der Waals surface area contributed by atoms with Crippen molar-refractivity contribution in [2.45, 2.75) is 32.6 Å². The molecule has 1 aliphatic carbocycles. The van der Waals surface area contributed by atoms with Gasteiger partial charge in [-0.15, -0.1) is 11.3 Å². The van der Waals surface area contributed by atoms with Crippen LogP contribution in [0.25, 0.3) is 0 Å². The summed E-state index contributed by atoms with van der Waals surface area (Å²) in [4.78, 5) is 13.5.